The number of anilines is 3. The Morgan fingerprint density at radius 1 is 1.10 bits per heavy atom. The molecule has 0 saturated carbocycles. The molecular weight excluding hydrogens is 402 g/mol. The minimum Gasteiger partial charge on any atom is -0.347 e. The van der Waals surface area contributed by atoms with Gasteiger partial charge in [0.2, 0.25) is 11.9 Å². The third kappa shape index (κ3) is 5.13. The van der Waals surface area contributed by atoms with E-state index in [2.05, 4.69) is 41.1 Å². The number of aryl methyl sites for hydroxylation is 1. The van der Waals surface area contributed by atoms with E-state index in [-0.39, 0.29) is 0 Å². The van der Waals surface area contributed by atoms with Crippen molar-refractivity contribution in [3.63, 3.8) is 0 Å². The standard InChI is InChI=1S/C21H26F2N8/c1-3-18-26-20(25-12(2)15-5-4-14(22)10-16(15)23)29-21(27-18)28-19-11-17(30-31-19)13-6-8-24-9-7-13/h4-5,10-13,24H,3,6-9H2,1-2H3,(H3,25,26,27,28,29,30,31). The molecule has 2 aromatic heterocycles. The lowest BCUT2D eigenvalue weighted by Crippen LogP contribution is -2.26. The number of rotatable bonds is 7. The lowest BCUT2D eigenvalue weighted by molar-refractivity contribution is 0.453. The van der Waals surface area contributed by atoms with Crippen LogP contribution in [0.15, 0.2) is 24.3 Å². The van der Waals surface area contributed by atoms with Gasteiger partial charge in [-0.2, -0.15) is 20.1 Å². The van der Waals surface area contributed by atoms with E-state index in [1.165, 1.54) is 12.1 Å². The summed E-state index contributed by atoms with van der Waals surface area (Å²) in [5, 5.41) is 17.0. The predicted octanol–water partition coefficient (Wildman–Crippen LogP) is 3.82. The van der Waals surface area contributed by atoms with E-state index in [9.17, 15) is 8.78 Å². The molecule has 1 unspecified atom stereocenters. The first kappa shape index (κ1) is 21.1. The highest BCUT2D eigenvalue weighted by molar-refractivity contribution is 5.50. The van der Waals surface area contributed by atoms with Gasteiger partial charge in [-0.3, -0.25) is 5.10 Å². The van der Waals surface area contributed by atoms with Crippen LogP contribution < -0.4 is 16.0 Å². The van der Waals surface area contributed by atoms with Gasteiger partial charge in [-0.05, 0) is 38.9 Å². The van der Waals surface area contributed by atoms with Gasteiger partial charge < -0.3 is 16.0 Å². The number of benzene rings is 1. The second kappa shape index (κ2) is 9.34. The Hall–Kier alpha value is -3.14. The summed E-state index contributed by atoms with van der Waals surface area (Å²) in [6.45, 7) is 5.71. The number of aromatic nitrogens is 5. The van der Waals surface area contributed by atoms with Crippen molar-refractivity contribution in [1.82, 2.24) is 30.5 Å². The van der Waals surface area contributed by atoms with E-state index < -0.39 is 17.7 Å². The third-order valence-electron chi connectivity index (χ3n) is 5.39. The Morgan fingerprint density at radius 3 is 2.61 bits per heavy atom. The molecule has 0 aliphatic carbocycles. The van der Waals surface area contributed by atoms with Crippen molar-refractivity contribution in [2.24, 2.45) is 0 Å². The molecule has 1 aliphatic rings. The van der Waals surface area contributed by atoms with Gasteiger partial charge in [-0.25, -0.2) is 8.78 Å². The van der Waals surface area contributed by atoms with Crippen molar-refractivity contribution in [1.29, 1.82) is 0 Å². The Morgan fingerprint density at radius 2 is 1.87 bits per heavy atom. The van der Waals surface area contributed by atoms with Crippen LogP contribution in [-0.4, -0.2) is 38.2 Å². The molecule has 4 N–H and O–H groups in total. The van der Waals surface area contributed by atoms with Gasteiger partial charge in [0, 0.05) is 35.7 Å². The smallest absolute Gasteiger partial charge is 0.233 e. The molecule has 3 heterocycles. The molecule has 1 saturated heterocycles. The van der Waals surface area contributed by atoms with Crippen molar-refractivity contribution in [3.8, 4) is 0 Å². The average Bonchev–Trinajstić information content (AvgIpc) is 3.22. The molecule has 1 fully saturated rings. The van der Waals surface area contributed by atoms with E-state index in [4.69, 9.17) is 0 Å². The Labute approximate surface area is 179 Å². The molecule has 10 heteroatoms. The maximum atomic E-state index is 14.1. The van der Waals surface area contributed by atoms with Crippen molar-refractivity contribution >= 4 is 17.7 Å². The van der Waals surface area contributed by atoms with E-state index in [1.54, 1.807) is 6.92 Å². The maximum Gasteiger partial charge on any atom is 0.233 e. The second-order valence-corrected chi connectivity index (χ2v) is 7.64. The minimum absolute atomic E-state index is 0.305. The molecule has 1 aromatic carbocycles. The number of hydrogen-bond donors (Lipinski definition) is 4. The molecule has 0 radical (unpaired) electrons. The van der Waals surface area contributed by atoms with Gasteiger partial charge in [-0.1, -0.05) is 13.0 Å². The van der Waals surface area contributed by atoms with E-state index >= 15 is 0 Å². The number of H-pyrrole nitrogens is 1. The first-order chi connectivity index (χ1) is 15.0. The molecule has 0 amide bonds. The zero-order valence-electron chi connectivity index (χ0n) is 17.5. The molecule has 4 rings (SSSR count). The van der Waals surface area contributed by atoms with Gasteiger partial charge in [0.15, 0.2) is 5.82 Å². The zero-order valence-corrected chi connectivity index (χ0v) is 17.5. The molecule has 8 nitrogen and oxygen atoms in total. The summed E-state index contributed by atoms with van der Waals surface area (Å²) >= 11 is 0. The van der Waals surface area contributed by atoms with Crippen LogP contribution in [0.2, 0.25) is 0 Å². The summed E-state index contributed by atoms with van der Waals surface area (Å²) in [5.74, 6) is 1.09. The lowest BCUT2D eigenvalue weighted by Gasteiger charge is -2.20. The first-order valence-electron chi connectivity index (χ1n) is 10.5. The molecule has 164 valence electrons. The topological polar surface area (TPSA) is 103 Å². The van der Waals surface area contributed by atoms with Crippen LogP contribution >= 0.6 is 0 Å². The van der Waals surface area contributed by atoms with E-state index in [0.717, 1.165) is 37.7 Å². The second-order valence-electron chi connectivity index (χ2n) is 7.64. The summed E-state index contributed by atoms with van der Waals surface area (Å²) in [6.07, 6.45) is 2.74. The number of aromatic amines is 1. The fourth-order valence-corrected chi connectivity index (χ4v) is 3.68. The Balaban J connectivity index is 1.50. The highest BCUT2D eigenvalue weighted by atomic mass is 19.1. The molecular formula is C21H26F2N8. The van der Waals surface area contributed by atoms with Crippen LogP contribution in [-0.2, 0) is 6.42 Å². The highest BCUT2D eigenvalue weighted by Gasteiger charge is 2.18. The molecule has 3 aromatic rings. The Bertz CT molecular complexity index is 1030. The Kier molecular flexibility index (Phi) is 6.36. The normalized spacial score (nSPS) is 15.6. The SMILES string of the molecule is CCc1nc(Nc2cc(C3CCNCC3)[nH]n2)nc(NC(C)c2ccc(F)cc2F)n1. The summed E-state index contributed by atoms with van der Waals surface area (Å²) in [4.78, 5) is 13.2. The van der Waals surface area contributed by atoms with Crippen LogP contribution in [0.25, 0.3) is 0 Å². The van der Waals surface area contributed by atoms with E-state index in [0.29, 0.717) is 41.4 Å². The van der Waals surface area contributed by atoms with E-state index in [1.807, 2.05) is 13.0 Å². The van der Waals surface area contributed by atoms with Crippen molar-refractivity contribution in [2.75, 3.05) is 23.7 Å². The number of nitrogens with zero attached hydrogens (tertiary/aromatic N) is 4. The minimum atomic E-state index is -0.620. The number of piperidine rings is 1. The maximum absolute atomic E-state index is 14.1. The van der Waals surface area contributed by atoms with Crippen molar-refractivity contribution in [3.05, 3.63) is 53.0 Å². The number of hydrogen-bond acceptors (Lipinski definition) is 7. The zero-order chi connectivity index (χ0) is 21.8. The van der Waals surface area contributed by atoms with Crippen LogP contribution in [0.3, 0.4) is 0 Å². The van der Waals surface area contributed by atoms with Gasteiger partial charge in [0.25, 0.3) is 0 Å². The fraction of sp³-hybridized carbons (Fsp3) is 0.429. The molecule has 0 bridgehead atoms. The molecule has 1 atom stereocenters. The molecule has 31 heavy (non-hydrogen) atoms. The third-order valence-corrected chi connectivity index (χ3v) is 5.39. The quantitative estimate of drug-likeness (QED) is 0.454. The summed E-state index contributed by atoms with van der Waals surface area (Å²) < 4.78 is 27.3. The highest BCUT2D eigenvalue weighted by Crippen LogP contribution is 2.26. The van der Waals surface area contributed by atoms with Gasteiger partial charge in [0.1, 0.15) is 17.5 Å². The number of nitrogens with one attached hydrogen (secondary N) is 4. The lowest BCUT2D eigenvalue weighted by atomic mass is 9.95. The van der Waals surface area contributed by atoms with Crippen LogP contribution in [0.5, 0.6) is 0 Å². The van der Waals surface area contributed by atoms with Crippen LogP contribution in [0.4, 0.5) is 26.5 Å². The van der Waals surface area contributed by atoms with Crippen LogP contribution in [0, 0.1) is 11.6 Å². The summed E-state index contributed by atoms with van der Waals surface area (Å²) in [7, 11) is 0. The van der Waals surface area contributed by atoms with Gasteiger partial charge >= 0.3 is 0 Å². The first-order valence-corrected chi connectivity index (χ1v) is 10.5. The summed E-state index contributed by atoms with van der Waals surface area (Å²) in [6, 6.07) is 5.02. The largest absolute Gasteiger partial charge is 0.347 e. The monoisotopic (exact) mass is 428 g/mol. The van der Waals surface area contributed by atoms with Crippen molar-refractivity contribution in [2.45, 2.75) is 45.1 Å². The average molecular weight is 428 g/mol. The molecule has 1 aliphatic heterocycles. The summed E-state index contributed by atoms with van der Waals surface area (Å²) in [5.41, 5.74) is 1.42. The molecule has 0 spiro atoms. The fourth-order valence-electron chi connectivity index (χ4n) is 3.68. The van der Waals surface area contributed by atoms with Gasteiger partial charge in [-0.15, -0.1) is 0 Å². The van der Waals surface area contributed by atoms with Crippen LogP contribution in [0.1, 0.15) is 55.7 Å². The van der Waals surface area contributed by atoms with Crippen molar-refractivity contribution < 1.29 is 8.78 Å². The predicted molar refractivity (Wildman–Crippen MR) is 114 cm³/mol. The van der Waals surface area contributed by atoms with Gasteiger partial charge in [0.05, 0.1) is 6.04 Å². The number of halogens is 2.